The Balaban J connectivity index is 0.00000200. The van der Waals surface area contributed by atoms with Gasteiger partial charge in [-0.15, -0.1) is 12.4 Å². The first kappa shape index (κ1) is 16.6. The molecule has 2 rings (SSSR count). The topological polar surface area (TPSA) is 46.6 Å². The SMILES string of the molecule is COC(=O)[C@@H](c1ccc(F)cc1)N1CCC(=O)CC1.Cl. The Kier molecular flexibility index (Phi) is 6.10. The number of hydrogen-bond acceptors (Lipinski definition) is 4. The van der Waals surface area contributed by atoms with Crippen LogP contribution in [0.3, 0.4) is 0 Å². The number of benzene rings is 1. The van der Waals surface area contributed by atoms with Crippen LogP contribution in [0.25, 0.3) is 0 Å². The van der Waals surface area contributed by atoms with E-state index in [4.69, 9.17) is 4.74 Å². The standard InChI is InChI=1S/C14H16FNO3.ClH/c1-19-14(18)13(10-2-4-11(15)5-3-10)16-8-6-12(17)7-9-16;/h2-5,13H,6-9H2,1H3;1H/t13-;/m1./s1. The van der Waals surface area contributed by atoms with E-state index < -0.39 is 6.04 Å². The summed E-state index contributed by atoms with van der Waals surface area (Å²) >= 11 is 0. The number of carbonyl (C=O) groups excluding carboxylic acids is 2. The Morgan fingerprint density at radius 2 is 1.80 bits per heavy atom. The van der Waals surface area contributed by atoms with Crippen LogP contribution in [0.5, 0.6) is 0 Å². The molecule has 1 aromatic carbocycles. The number of ether oxygens (including phenoxy) is 1. The third-order valence-electron chi connectivity index (χ3n) is 3.33. The minimum atomic E-state index is -0.571. The van der Waals surface area contributed by atoms with E-state index in [0.29, 0.717) is 31.5 Å². The van der Waals surface area contributed by atoms with Crippen LogP contribution in [-0.2, 0) is 14.3 Å². The fraction of sp³-hybridized carbons (Fsp3) is 0.429. The third kappa shape index (κ3) is 3.77. The van der Waals surface area contributed by atoms with Gasteiger partial charge in [0.25, 0.3) is 0 Å². The van der Waals surface area contributed by atoms with Crippen LogP contribution in [0, 0.1) is 5.82 Å². The monoisotopic (exact) mass is 301 g/mol. The number of methoxy groups -OCH3 is 1. The number of Topliss-reactive ketones (excluding diaryl/α,β-unsaturated/α-hetero) is 1. The fourth-order valence-corrected chi connectivity index (χ4v) is 2.28. The van der Waals surface area contributed by atoms with E-state index in [1.165, 1.54) is 19.2 Å². The van der Waals surface area contributed by atoms with E-state index in [9.17, 15) is 14.0 Å². The van der Waals surface area contributed by atoms with Crippen LogP contribution in [0.15, 0.2) is 24.3 Å². The maximum atomic E-state index is 13.0. The second-order valence-electron chi connectivity index (χ2n) is 4.55. The van der Waals surface area contributed by atoms with Gasteiger partial charge in [0.1, 0.15) is 17.6 Å². The van der Waals surface area contributed by atoms with E-state index in [0.717, 1.165) is 0 Å². The molecule has 1 aromatic rings. The zero-order chi connectivity index (χ0) is 13.8. The lowest BCUT2D eigenvalue weighted by Gasteiger charge is -2.32. The van der Waals surface area contributed by atoms with Crippen molar-refractivity contribution in [1.82, 2.24) is 4.90 Å². The molecule has 20 heavy (non-hydrogen) atoms. The van der Waals surface area contributed by atoms with Gasteiger partial charge in [0.15, 0.2) is 0 Å². The summed E-state index contributed by atoms with van der Waals surface area (Å²) in [5.41, 5.74) is 0.683. The van der Waals surface area contributed by atoms with Crippen molar-refractivity contribution < 1.29 is 18.7 Å². The number of likely N-dealkylation sites (tertiary alicyclic amines) is 1. The molecule has 0 saturated carbocycles. The van der Waals surface area contributed by atoms with Crippen molar-refractivity contribution in [3.8, 4) is 0 Å². The number of ketones is 1. The molecule has 1 atom stereocenters. The number of nitrogens with zero attached hydrogens (tertiary/aromatic N) is 1. The molecule has 1 aliphatic heterocycles. The van der Waals surface area contributed by atoms with Gasteiger partial charge in [-0.05, 0) is 17.7 Å². The summed E-state index contributed by atoms with van der Waals surface area (Å²) < 4.78 is 17.8. The number of halogens is 2. The number of carbonyl (C=O) groups is 2. The summed E-state index contributed by atoms with van der Waals surface area (Å²) in [6.07, 6.45) is 0.878. The predicted octanol–water partition coefficient (Wildman–Crippen LogP) is 2.13. The van der Waals surface area contributed by atoms with Crippen LogP contribution in [-0.4, -0.2) is 36.9 Å². The van der Waals surface area contributed by atoms with Gasteiger partial charge in [0.2, 0.25) is 0 Å². The Bertz CT molecular complexity index is 468. The smallest absolute Gasteiger partial charge is 0.327 e. The van der Waals surface area contributed by atoms with Gasteiger partial charge in [-0.3, -0.25) is 9.69 Å². The summed E-state index contributed by atoms with van der Waals surface area (Å²) in [6.45, 7) is 1.05. The van der Waals surface area contributed by atoms with Gasteiger partial charge in [0, 0.05) is 25.9 Å². The average Bonchev–Trinajstić information content (AvgIpc) is 2.43. The van der Waals surface area contributed by atoms with Crippen molar-refractivity contribution >= 4 is 24.2 Å². The minimum absolute atomic E-state index is 0. The van der Waals surface area contributed by atoms with Crippen molar-refractivity contribution in [2.45, 2.75) is 18.9 Å². The van der Waals surface area contributed by atoms with Crippen molar-refractivity contribution in [2.24, 2.45) is 0 Å². The summed E-state index contributed by atoms with van der Waals surface area (Å²) in [5.74, 6) is -0.527. The Morgan fingerprint density at radius 3 is 2.30 bits per heavy atom. The van der Waals surface area contributed by atoms with E-state index in [1.54, 1.807) is 12.1 Å². The number of esters is 1. The average molecular weight is 302 g/mol. The van der Waals surface area contributed by atoms with Crippen LogP contribution in [0.4, 0.5) is 4.39 Å². The molecule has 6 heteroatoms. The van der Waals surface area contributed by atoms with E-state index in [2.05, 4.69) is 0 Å². The lowest BCUT2D eigenvalue weighted by molar-refractivity contribution is -0.148. The largest absolute Gasteiger partial charge is 0.468 e. The summed E-state index contributed by atoms with van der Waals surface area (Å²) in [5, 5.41) is 0. The third-order valence-corrected chi connectivity index (χ3v) is 3.33. The zero-order valence-corrected chi connectivity index (χ0v) is 12.0. The number of piperidine rings is 1. The van der Waals surface area contributed by atoms with Crippen molar-refractivity contribution in [3.05, 3.63) is 35.6 Å². The predicted molar refractivity (Wildman–Crippen MR) is 74.2 cm³/mol. The molecule has 0 amide bonds. The normalized spacial score (nSPS) is 17.2. The Hall–Kier alpha value is -1.46. The first-order valence-corrected chi connectivity index (χ1v) is 6.21. The second kappa shape index (κ2) is 7.36. The molecule has 0 aliphatic carbocycles. The van der Waals surface area contributed by atoms with Gasteiger partial charge in [0.05, 0.1) is 7.11 Å². The maximum Gasteiger partial charge on any atom is 0.327 e. The lowest BCUT2D eigenvalue weighted by Crippen LogP contribution is -2.40. The highest BCUT2D eigenvalue weighted by Crippen LogP contribution is 2.25. The van der Waals surface area contributed by atoms with E-state index in [-0.39, 0.29) is 30.0 Å². The molecule has 0 spiro atoms. The first-order valence-electron chi connectivity index (χ1n) is 6.21. The van der Waals surface area contributed by atoms with Crippen LogP contribution in [0.1, 0.15) is 24.4 Å². The van der Waals surface area contributed by atoms with E-state index in [1.807, 2.05) is 4.90 Å². The van der Waals surface area contributed by atoms with Gasteiger partial charge in [-0.25, -0.2) is 9.18 Å². The van der Waals surface area contributed by atoms with Gasteiger partial charge >= 0.3 is 5.97 Å². The number of hydrogen-bond donors (Lipinski definition) is 0. The second-order valence-corrected chi connectivity index (χ2v) is 4.55. The summed E-state index contributed by atoms with van der Waals surface area (Å²) in [7, 11) is 1.33. The molecule has 0 aromatic heterocycles. The van der Waals surface area contributed by atoms with Crippen LogP contribution < -0.4 is 0 Å². The molecular formula is C14H17ClFNO3. The molecule has 1 fully saturated rings. The molecule has 4 nitrogen and oxygen atoms in total. The fourth-order valence-electron chi connectivity index (χ4n) is 2.28. The molecule has 1 heterocycles. The molecule has 0 N–H and O–H groups in total. The summed E-state index contributed by atoms with van der Waals surface area (Å²) in [6, 6.07) is 5.22. The lowest BCUT2D eigenvalue weighted by atomic mass is 10.0. The van der Waals surface area contributed by atoms with Gasteiger partial charge in [-0.2, -0.15) is 0 Å². The Morgan fingerprint density at radius 1 is 1.25 bits per heavy atom. The van der Waals surface area contributed by atoms with Crippen LogP contribution in [0.2, 0.25) is 0 Å². The van der Waals surface area contributed by atoms with Gasteiger partial charge < -0.3 is 4.74 Å². The van der Waals surface area contributed by atoms with Gasteiger partial charge in [-0.1, -0.05) is 12.1 Å². The van der Waals surface area contributed by atoms with Crippen molar-refractivity contribution in [2.75, 3.05) is 20.2 Å². The molecule has 0 bridgehead atoms. The maximum absolute atomic E-state index is 13.0. The first-order chi connectivity index (χ1) is 9.11. The van der Waals surface area contributed by atoms with Crippen molar-refractivity contribution in [3.63, 3.8) is 0 Å². The highest BCUT2D eigenvalue weighted by Gasteiger charge is 2.31. The van der Waals surface area contributed by atoms with Crippen molar-refractivity contribution in [1.29, 1.82) is 0 Å². The molecule has 1 aliphatic rings. The quantitative estimate of drug-likeness (QED) is 0.802. The van der Waals surface area contributed by atoms with Crippen LogP contribution >= 0.6 is 12.4 Å². The highest BCUT2D eigenvalue weighted by molar-refractivity contribution is 5.85. The highest BCUT2D eigenvalue weighted by atomic mass is 35.5. The molecule has 110 valence electrons. The molecular weight excluding hydrogens is 285 g/mol. The Labute approximate surface area is 123 Å². The zero-order valence-electron chi connectivity index (χ0n) is 11.2. The minimum Gasteiger partial charge on any atom is -0.468 e. The summed E-state index contributed by atoms with van der Waals surface area (Å²) in [4.78, 5) is 25.1. The molecule has 1 saturated heterocycles. The number of rotatable bonds is 3. The van der Waals surface area contributed by atoms with E-state index >= 15 is 0 Å². The molecule has 0 unspecified atom stereocenters. The molecule has 0 radical (unpaired) electrons.